The third-order valence-corrected chi connectivity index (χ3v) is 9.97. The Labute approximate surface area is 229 Å². The first kappa shape index (κ1) is 28.4. The predicted molar refractivity (Wildman–Crippen MR) is 151 cm³/mol. The van der Waals surface area contributed by atoms with Gasteiger partial charge in [-0.3, -0.25) is 4.79 Å². The minimum absolute atomic E-state index is 0.139. The van der Waals surface area contributed by atoms with Gasteiger partial charge in [0.15, 0.2) is 5.13 Å². The van der Waals surface area contributed by atoms with E-state index in [-0.39, 0.29) is 10.8 Å². The van der Waals surface area contributed by atoms with Crippen molar-refractivity contribution in [3.63, 3.8) is 0 Å². The molecule has 38 heavy (non-hydrogen) atoms. The number of carbonyl (C=O) groups is 1. The Bertz CT molecular complexity index is 1340. The van der Waals surface area contributed by atoms with Crippen LogP contribution in [0.15, 0.2) is 41.3 Å². The summed E-state index contributed by atoms with van der Waals surface area (Å²) in [5.74, 6) is 0.425. The van der Waals surface area contributed by atoms with E-state index < -0.39 is 15.9 Å². The Hall–Kier alpha value is -2.60. The molecule has 9 nitrogen and oxygen atoms in total. The van der Waals surface area contributed by atoms with Gasteiger partial charge in [0.25, 0.3) is 0 Å². The average Bonchev–Trinajstić information content (AvgIpc) is 3.56. The highest BCUT2D eigenvalue weighted by molar-refractivity contribution is 7.89. The van der Waals surface area contributed by atoms with Crippen LogP contribution >= 0.6 is 11.3 Å². The molecule has 0 aliphatic heterocycles. The van der Waals surface area contributed by atoms with E-state index in [2.05, 4.69) is 15.3 Å². The number of benzene rings is 1. The normalized spacial score (nSPS) is 15.4. The highest BCUT2D eigenvalue weighted by Gasteiger charge is 2.29. The molecule has 1 unspecified atom stereocenters. The molecule has 2 heterocycles. The number of methoxy groups -OCH3 is 1. The molecule has 1 aliphatic rings. The number of anilines is 1. The number of hydrogen-bond acceptors (Lipinski definition) is 8. The summed E-state index contributed by atoms with van der Waals surface area (Å²) in [7, 11) is 1.79. The molecule has 1 N–H and O–H groups in total. The van der Waals surface area contributed by atoms with E-state index in [1.807, 2.05) is 32.0 Å². The van der Waals surface area contributed by atoms with Gasteiger partial charge in [0.1, 0.15) is 10.3 Å². The number of nitrogens with zero attached hydrogens (tertiary/aromatic N) is 4. The fraction of sp³-hybridized carbons (Fsp3) is 0.519. The SMILES string of the molecule is CCN(CCN(C)C)S(=O)(=O)c1ccc(C(CC2CCCC2)C(=O)Nc2nc3ccc(OC)nc3s2)cc1. The van der Waals surface area contributed by atoms with Gasteiger partial charge in [-0.2, -0.15) is 4.31 Å². The summed E-state index contributed by atoms with van der Waals surface area (Å²) in [6.07, 6.45) is 5.30. The summed E-state index contributed by atoms with van der Waals surface area (Å²) in [5, 5.41) is 3.48. The molecular formula is C27H37N5O4S2. The van der Waals surface area contributed by atoms with Gasteiger partial charge in [0.05, 0.1) is 17.9 Å². The zero-order chi connectivity index (χ0) is 27.3. The number of likely N-dealkylation sites (N-methyl/N-ethyl adjacent to an activating group) is 2. The molecule has 0 radical (unpaired) electrons. The Kier molecular flexibility index (Phi) is 9.35. The van der Waals surface area contributed by atoms with Crippen molar-refractivity contribution in [2.45, 2.75) is 49.8 Å². The van der Waals surface area contributed by atoms with Crippen LogP contribution in [0.5, 0.6) is 5.88 Å². The summed E-state index contributed by atoms with van der Waals surface area (Å²) in [6.45, 7) is 3.30. The Balaban J connectivity index is 1.56. The molecule has 0 bridgehead atoms. The summed E-state index contributed by atoms with van der Waals surface area (Å²) < 4.78 is 33.2. The van der Waals surface area contributed by atoms with E-state index in [0.717, 1.165) is 24.8 Å². The highest BCUT2D eigenvalue weighted by atomic mass is 32.2. The number of fused-ring (bicyclic) bond motifs is 1. The van der Waals surface area contributed by atoms with Crippen LogP contribution in [-0.2, 0) is 14.8 Å². The molecular weight excluding hydrogens is 522 g/mol. The van der Waals surface area contributed by atoms with Crippen LogP contribution in [0.4, 0.5) is 5.13 Å². The lowest BCUT2D eigenvalue weighted by molar-refractivity contribution is -0.118. The first-order valence-electron chi connectivity index (χ1n) is 13.1. The van der Waals surface area contributed by atoms with E-state index in [4.69, 9.17) is 4.74 Å². The third-order valence-electron chi connectivity index (χ3n) is 7.10. The largest absolute Gasteiger partial charge is 0.481 e. The lowest BCUT2D eigenvalue weighted by Crippen LogP contribution is -2.36. The molecule has 11 heteroatoms. The van der Waals surface area contributed by atoms with E-state index in [0.29, 0.717) is 46.9 Å². The summed E-state index contributed by atoms with van der Waals surface area (Å²) >= 11 is 1.31. The number of sulfonamides is 1. The molecule has 1 aromatic carbocycles. The fourth-order valence-electron chi connectivity index (χ4n) is 4.91. The average molecular weight is 560 g/mol. The molecule has 1 amide bonds. The lowest BCUT2D eigenvalue weighted by atomic mass is 9.87. The molecule has 3 aromatic rings. The molecule has 0 spiro atoms. The van der Waals surface area contributed by atoms with Crippen LogP contribution in [0.1, 0.15) is 50.5 Å². The Morgan fingerprint density at radius 2 is 1.82 bits per heavy atom. The number of ether oxygens (including phenoxy) is 1. The first-order chi connectivity index (χ1) is 18.2. The molecule has 0 saturated heterocycles. The second kappa shape index (κ2) is 12.5. The standard InChI is InChI=1S/C27H37N5O4S2/c1-5-32(17-16-31(2)3)38(34,35)21-12-10-20(11-13-21)22(18-19-8-6-7-9-19)25(33)30-27-28-23-14-15-24(36-4)29-26(23)37-27/h10-15,19,22H,5-9,16-18H2,1-4H3,(H,28,30,33). The van der Waals surface area contributed by atoms with Crippen LogP contribution in [0.25, 0.3) is 10.3 Å². The van der Waals surface area contributed by atoms with Gasteiger partial charge >= 0.3 is 0 Å². The molecule has 1 saturated carbocycles. The minimum Gasteiger partial charge on any atom is -0.481 e. The maximum atomic E-state index is 13.6. The van der Waals surface area contributed by atoms with E-state index in [1.165, 1.54) is 28.5 Å². The quantitative estimate of drug-likeness (QED) is 0.346. The summed E-state index contributed by atoms with van der Waals surface area (Å²) in [5.41, 5.74) is 1.51. The third kappa shape index (κ3) is 6.69. The predicted octanol–water partition coefficient (Wildman–Crippen LogP) is 4.57. The number of carbonyl (C=O) groups excluding carboxylic acids is 1. The molecule has 1 fully saturated rings. The van der Waals surface area contributed by atoms with Crippen molar-refractivity contribution in [3.05, 3.63) is 42.0 Å². The van der Waals surface area contributed by atoms with Crippen LogP contribution in [0, 0.1) is 5.92 Å². The van der Waals surface area contributed by atoms with E-state index in [9.17, 15) is 13.2 Å². The smallest absolute Gasteiger partial charge is 0.243 e. The van der Waals surface area contributed by atoms with E-state index in [1.54, 1.807) is 37.4 Å². The summed E-state index contributed by atoms with van der Waals surface area (Å²) in [6, 6.07) is 10.4. The molecule has 2 aromatic heterocycles. The Morgan fingerprint density at radius 3 is 2.45 bits per heavy atom. The first-order valence-corrected chi connectivity index (χ1v) is 15.3. The number of amides is 1. The van der Waals surface area contributed by atoms with Crippen LogP contribution in [0.2, 0.25) is 0 Å². The number of rotatable bonds is 12. The number of aromatic nitrogens is 2. The van der Waals surface area contributed by atoms with Crippen molar-refractivity contribution < 1.29 is 17.9 Å². The van der Waals surface area contributed by atoms with Crippen molar-refractivity contribution in [2.24, 2.45) is 5.92 Å². The zero-order valence-corrected chi connectivity index (χ0v) is 24.1. The van der Waals surface area contributed by atoms with Crippen LogP contribution in [-0.4, -0.2) is 74.3 Å². The van der Waals surface area contributed by atoms with Crippen LogP contribution in [0.3, 0.4) is 0 Å². The zero-order valence-electron chi connectivity index (χ0n) is 22.5. The Morgan fingerprint density at radius 1 is 1.11 bits per heavy atom. The van der Waals surface area contributed by atoms with Gasteiger partial charge in [-0.1, -0.05) is 56.1 Å². The number of pyridine rings is 1. The summed E-state index contributed by atoms with van der Waals surface area (Å²) in [4.78, 5) is 25.4. The van der Waals surface area contributed by atoms with Crippen molar-refractivity contribution in [1.82, 2.24) is 19.2 Å². The maximum Gasteiger partial charge on any atom is 0.243 e. The van der Waals surface area contributed by atoms with Gasteiger partial charge in [0.2, 0.25) is 21.8 Å². The van der Waals surface area contributed by atoms with Gasteiger partial charge in [-0.25, -0.2) is 18.4 Å². The van der Waals surface area contributed by atoms with Crippen molar-refractivity contribution >= 4 is 42.7 Å². The van der Waals surface area contributed by atoms with Gasteiger partial charge in [0, 0.05) is 25.7 Å². The molecule has 1 aliphatic carbocycles. The monoisotopic (exact) mass is 559 g/mol. The fourth-order valence-corrected chi connectivity index (χ4v) is 7.19. The molecule has 1 atom stereocenters. The highest BCUT2D eigenvalue weighted by Crippen LogP contribution is 2.36. The van der Waals surface area contributed by atoms with Crippen molar-refractivity contribution in [3.8, 4) is 5.88 Å². The maximum absolute atomic E-state index is 13.6. The molecule has 4 rings (SSSR count). The van der Waals surface area contributed by atoms with E-state index >= 15 is 0 Å². The second-order valence-corrected chi connectivity index (χ2v) is 12.9. The molecule has 206 valence electrons. The van der Waals surface area contributed by atoms with Crippen LogP contribution < -0.4 is 10.1 Å². The van der Waals surface area contributed by atoms with Gasteiger partial charge < -0.3 is 15.0 Å². The number of hydrogen-bond donors (Lipinski definition) is 1. The number of nitrogens with one attached hydrogen (secondary N) is 1. The van der Waals surface area contributed by atoms with Crippen molar-refractivity contribution in [1.29, 1.82) is 0 Å². The minimum atomic E-state index is -3.62. The number of thiazole rings is 1. The van der Waals surface area contributed by atoms with Gasteiger partial charge in [-0.05, 0) is 50.2 Å². The lowest BCUT2D eigenvalue weighted by Gasteiger charge is -2.23. The van der Waals surface area contributed by atoms with Gasteiger partial charge in [-0.15, -0.1) is 0 Å². The van der Waals surface area contributed by atoms with Crippen molar-refractivity contribution in [2.75, 3.05) is 46.2 Å². The topological polar surface area (TPSA) is 105 Å². The second-order valence-electron chi connectivity index (χ2n) is 9.99.